The molecule has 4 nitrogen and oxygen atoms in total. The third-order valence-corrected chi connectivity index (χ3v) is 5.67. The van der Waals surface area contributed by atoms with Crippen molar-refractivity contribution in [3.05, 3.63) is 53.6 Å². The number of ether oxygens (including phenoxy) is 3. The summed E-state index contributed by atoms with van der Waals surface area (Å²) in [7, 11) is 0. The van der Waals surface area contributed by atoms with Gasteiger partial charge in [-0.15, -0.1) is 11.8 Å². The van der Waals surface area contributed by atoms with Gasteiger partial charge in [-0.1, -0.05) is 33.8 Å². The molecule has 0 atom stereocenters. The van der Waals surface area contributed by atoms with Crippen molar-refractivity contribution in [2.24, 2.45) is 0 Å². The van der Waals surface area contributed by atoms with Gasteiger partial charge in [0.15, 0.2) is 17.3 Å². The average molecular weight is 457 g/mol. The predicted octanol–water partition coefficient (Wildman–Crippen LogP) is 7.45. The normalized spacial score (nSPS) is 11.0. The van der Waals surface area contributed by atoms with E-state index in [0.717, 1.165) is 37.0 Å². The van der Waals surface area contributed by atoms with Gasteiger partial charge < -0.3 is 14.2 Å². The standard InChI is InChI=1S/C27H36O4S/c1-5-15-29-25-19-21(20-26(30-16-6-2)27(25)31-17-7-3)9-14-24(28)22-10-12-23(13-11-22)32-18-8-4/h9-14,19-20H,5-8,15-18H2,1-4H3/b14-9+. The van der Waals surface area contributed by atoms with E-state index in [4.69, 9.17) is 14.2 Å². The zero-order valence-corrected chi connectivity index (χ0v) is 20.6. The van der Waals surface area contributed by atoms with Crippen molar-refractivity contribution < 1.29 is 19.0 Å². The van der Waals surface area contributed by atoms with Crippen LogP contribution in [0.4, 0.5) is 0 Å². The van der Waals surface area contributed by atoms with Crippen LogP contribution < -0.4 is 14.2 Å². The Bertz CT molecular complexity index is 829. The molecule has 0 saturated heterocycles. The van der Waals surface area contributed by atoms with Crippen LogP contribution >= 0.6 is 11.8 Å². The van der Waals surface area contributed by atoms with E-state index < -0.39 is 0 Å². The maximum Gasteiger partial charge on any atom is 0.203 e. The molecule has 2 rings (SSSR count). The number of hydrogen-bond donors (Lipinski definition) is 0. The molecule has 0 radical (unpaired) electrons. The van der Waals surface area contributed by atoms with Crippen LogP contribution in [0.2, 0.25) is 0 Å². The summed E-state index contributed by atoms with van der Waals surface area (Å²) in [6.07, 6.45) is 7.22. The van der Waals surface area contributed by atoms with Crippen LogP contribution in [-0.4, -0.2) is 31.4 Å². The summed E-state index contributed by atoms with van der Waals surface area (Å²) in [4.78, 5) is 13.9. The van der Waals surface area contributed by atoms with Gasteiger partial charge in [0.05, 0.1) is 19.8 Å². The lowest BCUT2D eigenvalue weighted by Gasteiger charge is -2.17. The molecule has 174 valence electrons. The Morgan fingerprint density at radius 2 is 1.38 bits per heavy atom. The lowest BCUT2D eigenvalue weighted by atomic mass is 10.1. The Kier molecular flexibility index (Phi) is 11.8. The highest BCUT2D eigenvalue weighted by Crippen LogP contribution is 2.39. The molecule has 5 heteroatoms. The second kappa shape index (κ2) is 14.6. The van der Waals surface area contributed by atoms with Gasteiger partial charge in [-0.3, -0.25) is 4.79 Å². The molecule has 0 heterocycles. The first-order chi connectivity index (χ1) is 15.6. The number of ketones is 1. The fourth-order valence-corrected chi connectivity index (χ4v) is 3.65. The zero-order chi connectivity index (χ0) is 23.2. The maximum absolute atomic E-state index is 12.7. The van der Waals surface area contributed by atoms with Crippen LogP contribution in [0.15, 0.2) is 47.4 Å². The largest absolute Gasteiger partial charge is 0.490 e. The Morgan fingerprint density at radius 1 is 0.812 bits per heavy atom. The van der Waals surface area contributed by atoms with Gasteiger partial charge in [-0.05, 0) is 79.5 Å². The quantitative estimate of drug-likeness (QED) is 0.158. The second-order valence-corrected chi connectivity index (χ2v) is 8.63. The SMILES string of the molecule is CCCOc1cc(/C=C/C(=O)c2ccc(SCCC)cc2)cc(OCCC)c1OCCC. The Balaban J connectivity index is 2.25. The number of thioether (sulfide) groups is 1. The van der Waals surface area contributed by atoms with E-state index in [1.165, 1.54) is 4.90 Å². The van der Waals surface area contributed by atoms with E-state index >= 15 is 0 Å². The molecule has 2 aromatic rings. The Morgan fingerprint density at radius 3 is 1.91 bits per heavy atom. The number of allylic oxidation sites excluding steroid dienone is 1. The van der Waals surface area contributed by atoms with Gasteiger partial charge in [0, 0.05) is 10.5 Å². The lowest BCUT2D eigenvalue weighted by molar-refractivity contribution is 0.104. The smallest absolute Gasteiger partial charge is 0.203 e. The maximum atomic E-state index is 12.7. The molecule has 32 heavy (non-hydrogen) atoms. The first kappa shape index (κ1) is 25.9. The van der Waals surface area contributed by atoms with Crippen molar-refractivity contribution in [2.45, 2.75) is 58.3 Å². The van der Waals surface area contributed by atoms with Gasteiger partial charge in [0.25, 0.3) is 0 Å². The first-order valence-electron chi connectivity index (χ1n) is 11.6. The number of carbonyl (C=O) groups is 1. The second-order valence-electron chi connectivity index (χ2n) is 7.46. The Hall–Kier alpha value is -2.40. The van der Waals surface area contributed by atoms with Gasteiger partial charge in [0.2, 0.25) is 5.75 Å². The van der Waals surface area contributed by atoms with Crippen molar-refractivity contribution in [2.75, 3.05) is 25.6 Å². The van der Waals surface area contributed by atoms with Crippen LogP contribution in [0.1, 0.15) is 69.3 Å². The lowest BCUT2D eigenvalue weighted by Crippen LogP contribution is -2.05. The third-order valence-electron chi connectivity index (χ3n) is 4.46. The highest BCUT2D eigenvalue weighted by atomic mass is 32.2. The van der Waals surface area contributed by atoms with Crippen LogP contribution in [0.25, 0.3) is 6.08 Å². The molecule has 0 fully saturated rings. The van der Waals surface area contributed by atoms with Crippen molar-refractivity contribution in [3.63, 3.8) is 0 Å². The highest BCUT2D eigenvalue weighted by Gasteiger charge is 2.15. The molecule has 0 aliphatic rings. The van der Waals surface area contributed by atoms with Crippen molar-refractivity contribution >= 4 is 23.6 Å². The number of carbonyl (C=O) groups excluding carboxylic acids is 1. The molecule has 0 saturated carbocycles. The van der Waals surface area contributed by atoms with Gasteiger partial charge in [-0.25, -0.2) is 0 Å². The number of benzene rings is 2. The van der Waals surface area contributed by atoms with E-state index in [2.05, 4.69) is 27.7 Å². The van der Waals surface area contributed by atoms with Gasteiger partial charge >= 0.3 is 0 Å². The molecule has 0 N–H and O–H groups in total. The zero-order valence-electron chi connectivity index (χ0n) is 19.8. The summed E-state index contributed by atoms with van der Waals surface area (Å²) < 4.78 is 17.9. The molecule has 0 aliphatic heterocycles. The minimum Gasteiger partial charge on any atom is -0.490 e. The molecule has 0 aromatic heterocycles. The van der Waals surface area contributed by atoms with E-state index in [9.17, 15) is 4.79 Å². The van der Waals surface area contributed by atoms with Crippen LogP contribution in [0.5, 0.6) is 17.2 Å². The molecule has 0 amide bonds. The molecule has 0 spiro atoms. The molecule has 0 aliphatic carbocycles. The molecular formula is C27H36O4S. The minimum atomic E-state index is -0.0320. The molecule has 0 unspecified atom stereocenters. The van der Waals surface area contributed by atoms with Crippen molar-refractivity contribution in [1.29, 1.82) is 0 Å². The van der Waals surface area contributed by atoms with Gasteiger partial charge in [-0.2, -0.15) is 0 Å². The fourth-order valence-electron chi connectivity index (χ4n) is 2.88. The average Bonchev–Trinajstić information content (AvgIpc) is 2.82. The van der Waals surface area contributed by atoms with Crippen LogP contribution in [-0.2, 0) is 0 Å². The van der Waals surface area contributed by atoms with Crippen LogP contribution in [0, 0.1) is 0 Å². The summed E-state index contributed by atoms with van der Waals surface area (Å²) in [6, 6.07) is 11.6. The number of hydrogen-bond acceptors (Lipinski definition) is 5. The van der Waals surface area contributed by atoms with Crippen molar-refractivity contribution in [1.82, 2.24) is 0 Å². The van der Waals surface area contributed by atoms with E-state index in [1.54, 1.807) is 17.8 Å². The highest BCUT2D eigenvalue weighted by molar-refractivity contribution is 7.99. The van der Waals surface area contributed by atoms with E-state index in [1.807, 2.05) is 42.5 Å². The molecule has 0 bridgehead atoms. The molecule has 2 aromatic carbocycles. The summed E-state index contributed by atoms with van der Waals surface area (Å²) in [5, 5.41) is 0. The van der Waals surface area contributed by atoms with E-state index in [0.29, 0.717) is 42.6 Å². The monoisotopic (exact) mass is 456 g/mol. The van der Waals surface area contributed by atoms with Gasteiger partial charge in [0.1, 0.15) is 0 Å². The van der Waals surface area contributed by atoms with E-state index in [-0.39, 0.29) is 5.78 Å². The predicted molar refractivity (Wildman–Crippen MR) is 135 cm³/mol. The minimum absolute atomic E-state index is 0.0320. The fraction of sp³-hybridized carbons (Fsp3) is 0.444. The first-order valence-corrected chi connectivity index (χ1v) is 12.6. The van der Waals surface area contributed by atoms with Crippen molar-refractivity contribution in [3.8, 4) is 17.2 Å². The Labute approximate surface area is 197 Å². The van der Waals surface area contributed by atoms with Crippen LogP contribution in [0.3, 0.4) is 0 Å². The third kappa shape index (κ3) is 8.27. The summed E-state index contributed by atoms with van der Waals surface area (Å²) >= 11 is 1.80. The molecular weight excluding hydrogens is 420 g/mol. The summed E-state index contributed by atoms with van der Waals surface area (Å²) in [6.45, 7) is 10.1. The summed E-state index contributed by atoms with van der Waals surface area (Å²) in [5.41, 5.74) is 1.52. The number of rotatable bonds is 15. The topological polar surface area (TPSA) is 44.8 Å². The summed E-state index contributed by atoms with van der Waals surface area (Å²) in [5.74, 6) is 2.99.